The lowest BCUT2D eigenvalue weighted by atomic mass is 9.86. The van der Waals surface area contributed by atoms with Crippen LogP contribution in [0.4, 0.5) is 13.2 Å². The molecule has 0 aliphatic heterocycles. The maximum Gasteiger partial charge on any atom is 0.416 e. The molecule has 0 atom stereocenters. The molecule has 1 rings (SSSR count). The van der Waals surface area contributed by atoms with Crippen molar-refractivity contribution in [3.05, 3.63) is 32.2 Å². The fraction of sp³-hybridized carbons (Fsp3) is 0.455. The van der Waals surface area contributed by atoms with Crippen molar-refractivity contribution < 1.29 is 13.2 Å². The second kappa shape index (κ2) is 4.33. The van der Waals surface area contributed by atoms with Crippen LogP contribution in [0, 0.1) is 0 Å². The van der Waals surface area contributed by atoms with Gasteiger partial charge in [0.05, 0.1) is 5.56 Å². The molecular weight excluding hydrogens is 349 g/mol. The molecule has 0 aliphatic carbocycles. The van der Waals surface area contributed by atoms with Crippen molar-refractivity contribution in [2.24, 2.45) is 0 Å². The van der Waals surface area contributed by atoms with Crippen LogP contribution in [0.5, 0.6) is 0 Å². The van der Waals surface area contributed by atoms with Crippen molar-refractivity contribution >= 4 is 31.9 Å². The third kappa shape index (κ3) is 3.00. The van der Waals surface area contributed by atoms with Gasteiger partial charge in [0.15, 0.2) is 0 Å². The van der Waals surface area contributed by atoms with E-state index in [0.717, 1.165) is 17.7 Å². The molecule has 0 saturated carbocycles. The third-order valence-electron chi connectivity index (χ3n) is 2.12. The maximum absolute atomic E-state index is 12.5. The van der Waals surface area contributed by atoms with E-state index in [1.165, 1.54) is 0 Å². The summed E-state index contributed by atoms with van der Waals surface area (Å²) >= 11 is 6.39. The lowest BCUT2D eigenvalue weighted by Crippen LogP contribution is -2.15. The van der Waals surface area contributed by atoms with Crippen LogP contribution in [0.15, 0.2) is 21.1 Å². The summed E-state index contributed by atoms with van der Waals surface area (Å²) in [5.41, 5.74) is -0.0401. The number of benzene rings is 1. The first kappa shape index (κ1) is 14.0. The van der Waals surface area contributed by atoms with Crippen molar-refractivity contribution in [2.45, 2.75) is 32.4 Å². The van der Waals surface area contributed by atoms with Crippen molar-refractivity contribution in [1.29, 1.82) is 0 Å². The van der Waals surface area contributed by atoms with E-state index >= 15 is 0 Å². The van der Waals surface area contributed by atoms with Gasteiger partial charge in [0.25, 0.3) is 0 Å². The molecule has 0 nitrogen and oxygen atoms in total. The molecule has 0 N–H and O–H groups in total. The lowest BCUT2D eigenvalue weighted by Gasteiger charge is -2.23. The average molecular weight is 360 g/mol. The highest BCUT2D eigenvalue weighted by atomic mass is 79.9. The smallest absolute Gasteiger partial charge is 0.166 e. The van der Waals surface area contributed by atoms with Crippen molar-refractivity contribution in [1.82, 2.24) is 0 Å². The minimum Gasteiger partial charge on any atom is -0.166 e. The fourth-order valence-electron chi connectivity index (χ4n) is 1.45. The van der Waals surface area contributed by atoms with Gasteiger partial charge in [-0.1, -0.05) is 52.6 Å². The zero-order chi connectivity index (χ0) is 12.7. The molecule has 0 spiro atoms. The van der Waals surface area contributed by atoms with Gasteiger partial charge in [-0.3, -0.25) is 0 Å². The van der Waals surface area contributed by atoms with Gasteiger partial charge >= 0.3 is 6.18 Å². The minimum absolute atomic E-state index is 0.220. The van der Waals surface area contributed by atoms with E-state index in [4.69, 9.17) is 0 Å². The largest absolute Gasteiger partial charge is 0.416 e. The standard InChI is InChI=1S/C11H11Br2F3/c1-10(2,3)9-7(12)4-6(5-8(9)13)11(14,15)16/h4-5H,1-3H3. The van der Waals surface area contributed by atoms with E-state index in [1.54, 1.807) is 0 Å². The van der Waals surface area contributed by atoms with Crippen LogP contribution in [-0.2, 0) is 11.6 Å². The predicted octanol–water partition coefficient (Wildman–Crippen LogP) is 5.53. The zero-order valence-corrected chi connectivity index (χ0v) is 12.2. The molecular formula is C11H11Br2F3. The Morgan fingerprint density at radius 1 is 0.938 bits per heavy atom. The second-order valence-corrected chi connectivity index (χ2v) is 6.27. The van der Waals surface area contributed by atoms with Gasteiger partial charge in [-0.25, -0.2) is 0 Å². The van der Waals surface area contributed by atoms with Crippen molar-refractivity contribution in [2.75, 3.05) is 0 Å². The first-order chi connectivity index (χ1) is 7.03. The molecule has 0 unspecified atom stereocenters. The summed E-state index contributed by atoms with van der Waals surface area (Å²) < 4.78 is 38.6. The van der Waals surface area contributed by atoms with Crippen LogP contribution in [0.1, 0.15) is 31.9 Å². The Hall–Kier alpha value is -0.0300. The Bertz CT molecular complexity index is 380. The van der Waals surface area contributed by atoms with Gasteiger partial charge in [0.2, 0.25) is 0 Å². The fourth-order valence-corrected chi connectivity index (χ4v) is 3.83. The van der Waals surface area contributed by atoms with E-state index in [2.05, 4.69) is 31.9 Å². The number of halogens is 5. The summed E-state index contributed by atoms with van der Waals surface area (Å²) in [6.07, 6.45) is -4.32. The van der Waals surface area contributed by atoms with E-state index in [0.29, 0.717) is 8.95 Å². The van der Waals surface area contributed by atoms with Crippen molar-refractivity contribution in [3.8, 4) is 0 Å². The van der Waals surface area contributed by atoms with E-state index in [-0.39, 0.29) is 5.41 Å². The molecule has 0 radical (unpaired) electrons. The highest BCUT2D eigenvalue weighted by molar-refractivity contribution is 9.11. The van der Waals surface area contributed by atoms with Crippen LogP contribution < -0.4 is 0 Å². The van der Waals surface area contributed by atoms with Gasteiger partial charge in [-0.05, 0) is 23.1 Å². The maximum atomic E-state index is 12.5. The van der Waals surface area contributed by atoms with E-state index < -0.39 is 11.7 Å². The van der Waals surface area contributed by atoms with Crippen LogP contribution >= 0.6 is 31.9 Å². The Morgan fingerprint density at radius 2 is 1.31 bits per heavy atom. The quantitative estimate of drug-likeness (QED) is 0.571. The molecule has 0 saturated heterocycles. The molecule has 0 amide bonds. The monoisotopic (exact) mass is 358 g/mol. The van der Waals surface area contributed by atoms with Gasteiger partial charge in [-0.15, -0.1) is 0 Å². The molecule has 0 aliphatic rings. The molecule has 1 aromatic carbocycles. The normalized spacial score (nSPS) is 13.0. The summed E-state index contributed by atoms with van der Waals surface area (Å²) in [7, 11) is 0. The molecule has 0 fully saturated rings. The molecule has 0 bridgehead atoms. The van der Waals surface area contributed by atoms with Crippen LogP contribution in [0.25, 0.3) is 0 Å². The summed E-state index contributed by atoms with van der Waals surface area (Å²) in [4.78, 5) is 0. The first-order valence-corrected chi connectivity index (χ1v) is 6.19. The van der Waals surface area contributed by atoms with Gasteiger partial charge in [0, 0.05) is 8.95 Å². The topological polar surface area (TPSA) is 0 Å². The summed E-state index contributed by atoms with van der Waals surface area (Å²) in [6.45, 7) is 5.85. The number of hydrogen-bond donors (Lipinski definition) is 0. The molecule has 90 valence electrons. The molecule has 0 aromatic heterocycles. The summed E-state index contributed by atoms with van der Waals surface area (Å²) in [5.74, 6) is 0. The zero-order valence-electron chi connectivity index (χ0n) is 9.04. The first-order valence-electron chi connectivity index (χ1n) is 4.60. The van der Waals surface area contributed by atoms with E-state index in [9.17, 15) is 13.2 Å². The minimum atomic E-state index is -4.32. The Labute approximate surface area is 109 Å². The lowest BCUT2D eigenvalue weighted by molar-refractivity contribution is -0.137. The molecule has 1 aromatic rings. The van der Waals surface area contributed by atoms with Gasteiger partial charge in [0.1, 0.15) is 0 Å². The Balaban J connectivity index is 3.41. The summed E-state index contributed by atoms with van der Waals surface area (Å²) in [6, 6.07) is 2.23. The molecule has 5 heteroatoms. The highest BCUT2D eigenvalue weighted by Crippen LogP contribution is 2.40. The predicted molar refractivity (Wildman–Crippen MR) is 65.5 cm³/mol. The SMILES string of the molecule is CC(C)(C)c1c(Br)cc(C(F)(F)F)cc1Br. The van der Waals surface area contributed by atoms with Crippen LogP contribution in [-0.4, -0.2) is 0 Å². The number of rotatable bonds is 0. The van der Waals surface area contributed by atoms with Gasteiger partial charge in [-0.2, -0.15) is 13.2 Å². The van der Waals surface area contributed by atoms with Crippen LogP contribution in [0.2, 0.25) is 0 Å². The Kier molecular flexibility index (Phi) is 3.80. The third-order valence-corrected chi connectivity index (χ3v) is 3.37. The number of alkyl halides is 3. The molecule has 0 heterocycles. The van der Waals surface area contributed by atoms with Gasteiger partial charge < -0.3 is 0 Å². The van der Waals surface area contributed by atoms with E-state index in [1.807, 2.05) is 20.8 Å². The van der Waals surface area contributed by atoms with Crippen LogP contribution in [0.3, 0.4) is 0 Å². The Morgan fingerprint density at radius 3 is 1.56 bits per heavy atom. The summed E-state index contributed by atoms with van der Waals surface area (Å²) in [5, 5.41) is 0. The molecule has 16 heavy (non-hydrogen) atoms. The van der Waals surface area contributed by atoms with Crippen molar-refractivity contribution in [3.63, 3.8) is 0 Å². The number of hydrogen-bond acceptors (Lipinski definition) is 0. The average Bonchev–Trinajstić information content (AvgIpc) is 1.97. The second-order valence-electron chi connectivity index (χ2n) is 4.56. The highest BCUT2D eigenvalue weighted by Gasteiger charge is 2.33.